The summed E-state index contributed by atoms with van der Waals surface area (Å²) in [6, 6.07) is 25.8. The molecular formula is C37H42FN3O4S. The molecule has 2 amide bonds. The highest BCUT2D eigenvalue weighted by Crippen LogP contribution is 2.29. The average molecular weight is 644 g/mol. The van der Waals surface area contributed by atoms with Crippen molar-refractivity contribution in [2.45, 2.75) is 71.0 Å². The van der Waals surface area contributed by atoms with Crippen LogP contribution in [0.5, 0.6) is 0 Å². The fraction of sp³-hybridized carbons (Fsp3) is 0.297. The summed E-state index contributed by atoms with van der Waals surface area (Å²) in [4.78, 5) is 30.0. The van der Waals surface area contributed by atoms with Gasteiger partial charge in [0.15, 0.2) is 0 Å². The van der Waals surface area contributed by atoms with Gasteiger partial charge in [0.25, 0.3) is 10.0 Å². The van der Waals surface area contributed by atoms with Crippen molar-refractivity contribution in [1.82, 2.24) is 10.2 Å². The summed E-state index contributed by atoms with van der Waals surface area (Å²) in [6.07, 6.45) is 0.184. The second-order valence-corrected chi connectivity index (χ2v) is 14.5. The van der Waals surface area contributed by atoms with Gasteiger partial charge in [-0.3, -0.25) is 13.9 Å². The molecule has 0 aliphatic carbocycles. The molecule has 0 aliphatic heterocycles. The Kier molecular flexibility index (Phi) is 10.7. The Morgan fingerprint density at radius 2 is 1.43 bits per heavy atom. The van der Waals surface area contributed by atoms with Crippen molar-refractivity contribution >= 4 is 27.5 Å². The summed E-state index contributed by atoms with van der Waals surface area (Å²) in [6.45, 7) is 10.5. The Labute approximate surface area is 272 Å². The van der Waals surface area contributed by atoms with Crippen LogP contribution in [0.25, 0.3) is 0 Å². The van der Waals surface area contributed by atoms with E-state index in [0.29, 0.717) is 16.8 Å². The van der Waals surface area contributed by atoms with Gasteiger partial charge < -0.3 is 10.2 Å². The minimum absolute atomic E-state index is 0.0423. The van der Waals surface area contributed by atoms with E-state index in [2.05, 4.69) is 5.32 Å². The Morgan fingerprint density at radius 1 is 0.804 bits per heavy atom. The normalized spacial score (nSPS) is 12.3. The molecule has 0 unspecified atom stereocenters. The highest BCUT2D eigenvalue weighted by Gasteiger charge is 2.36. The number of hydrogen-bond acceptors (Lipinski definition) is 4. The lowest BCUT2D eigenvalue weighted by Crippen LogP contribution is -2.56. The second-order valence-electron chi connectivity index (χ2n) is 12.6. The Bertz CT molecular complexity index is 1770. The van der Waals surface area contributed by atoms with Gasteiger partial charge in [-0.05, 0) is 94.1 Å². The molecule has 0 spiro atoms. The topological polar surface area (TPSA) is 86.8 Å². The fourth-order valence-corrected chi connectivity index (χ4v) is 6.62. The molecule has 0 saturated carbocycles. The van der Waals surface area contributed by atoms with Crippen LogP contribution in [0.4, 0.5) is 10.1 Å². The maximum Gasteiger partial charge on any atom is 0.264 e. The van der Waals surface area contributed by atoms with Crippen molar-refractivity contribution in [3.8, 4) is 0 Å². The third-order valence-corrected chi connectivity index (χ3v) is 9.54. The van der Waals surface area contributed by atoms with Crippen LogP contribution in [0.3, 0.4) is 0 Å². The summed E-state index contributed by atoms with van der Waals surface area (Å²) >= 11 is 0. The zero-order valence-corrected chi connectivity index (χ0v) is 28.1. The zero-order valence-electron chi connectivity index (χ0n) is 27.2. The third-order valence-electron chi connectivity index (χ3n) is 7.77. The number of amides is 2. The van der Waals surface area contributed by atoms with Gasteiger partial charge in [-0.15, -0.1) is 0 Å². The lowest BCUT2D eigenvalue weighted by atomic mass is 10.0. The van der Waals surface area contributed by atoms with Crippen molar-refractivity contribution in [3.63, 3.8) is 0 Å². The van der Waals surface area contributed by atoms with Crippen LogP contribution in [0.1, 0.15) is 48.6 Å². The van der Waals surface area contributed by atoms with Gasteiger partial charge in [0.2, 0.25) is 11.8 Å². The number of aryl methyl sites for hydroxylation is 2. The number of halogens is 1. The molecule has 4 aromatic rings. The van der Waals surface area contributed by atoms with Gasteiger partial charge in [-0.1, -0.05) is 72.3 Å². The Balaban J connectivity index is 1.84. The first kappa shape index (κ1) is 34.4. The molecule has 0 radical (unpaired) electrons. The SMILES string of the molecule is Cc1ccc(S(=O)(=O)N(CC(=O)N(Cc2ccc(F)cc2)[C@H](Cc2ccccc2)C(=O)NC(C)(C)C)c2cccc(C)c2C)cc1. The molecular weight excluding hydrogens is 601 g/mol. The first-order valence-corrected chi connectivity index (χ1v) is 16.7. The van der Waals surface area contributed by atoms with Gasteiger partial charge in [-0.2, -0.15) is 0 Å². The zero-order chi connectivity index (χ0) is 33.6. The minimum atomic E-state index is -4.22. The molecule has 0 aliphatic rings. The molecule has 9 heteroatoms. The van der Waals surface area contributed by atoms with E-state index in [-0.39, 0.29) is 23.8 Å². The van der Waals surface area contributed by atoms with Crippen LogP contribution in [0.2, 0.25) is 0 Å². The summed E-state index contributed by atoms with van der Waals surface area (Å²) in [7, 11) is -4.22. The maximum absolute atomic E-state index is 14.6. The summed E-state index contributed by atoms with van der Waals surface area (Å²) in [5.74, 6) is -1.39. The second kappa shape index (κ2) is 14.3. The number of nitrogens with zero attached hydrogens (tertiary/aromatic N) is 2. The third kappa shape index (κ3) is 8.60. The minimum Gasteiger partial charge on any atom is -0.350 e. The van der Waals surface area contributed by atoms with Gasteiger partial charge in [0, 0.05) is 18.5 Å². The van der Waals surface area contributed by atoms with Crippen molar-refractivity contribution in [3.05, 3.63) is 131 Å². The van der Waals surface area contributed by atoms with Crippen LogP contribution >= 0.6 is 0 Å². The molecule has 0 saturated heterocycles. The first-order valence-electron chi connectivity index (χ1n) is 15.2. The number of benzene rings is 4. The van der Waals surface area contributed by atoms with Crippen LogP contribution in [0, 0.1) is 26.6 Å². The van der Waals surface area contributed by atoms with E-state index in [1.165, 1.54) is 29.2 Å². The van der Waals surface area contributed by atoms with Crippen LogP contribution in [-0.4, -0.2) is 43.3 Å². The number of carbonyl (C=O) groups excluding carboxylic acids is 2. The van der Waals surface area contributed by atoms with Crippen LogP contribution in [0.15, 0.2) is 102 Å². The predicted octanol–water partition coefficient (Wildman–Crippen LogP) is 6.50. The number of sulfonamides is 1. The van der Waals surface area contributed by atoms with E-state index in [9.17, 15) is 22.4 Å². The molecule has 1 atom stereocenters. The molecule has 46 heavy (non-hydrogen) atoms. The highest BCUT2D eigenvalue weighted by molar-refractivity contribution is 7.92. The van der Waals surface area contributed by atoms with Gasteiger partial charge in [0.1, 0.15) is 18.4 Å². The molecule has 4 aromatic carbocycles. The smallest absolute Gasteiger partial charge is 0.264 e. The van der Waals surface area contributed by atoms with E-state index in [1.54, 1.807) is 36.4 Å². The van der Waals surface area contributed by atoms with Crippen molar-refractivity contribution in [2.75, 3.05) is 10.8 Å². The first-order chi connectivity index (χ1) is 21.7. The fourth-order valence-electron chi connectivity index (χ4n) is 5.15. The largest absolute Gasteiger partial charge is 0.350 e. The molecule has 0 bridgehead atoms. The predicted molar refractivity (Wildman–Crippen MR) is 180 cm³/mol. The van der Waals surface area contributed by atoms with E-state index in [4.69, 9.17) is 0 Å². The lowest BCUT2D eigenvalue weighted by molar-refractivity contribution is -0.140. The number of nitrogens with one attached hydrogen (secondary N) is 1. The van der Waals surface area contributed by atoms with E-state index in [0.717, 1.165) is 21.0 Å². The maximum atomic E-state index is 14.6. The molecule has 7 nitrogen and oxygen atoms in total. The van der Waals surface area contributed by atoms with Crippen molar-refractivity contribution in [1.29, 1.82) is 0 Å². The molecule has 0 aromatic heterocycles. The van der Waals surface area contributed by atoms with Gasteiger partial charge >= 0.3 is 0 Å². The molecule has 4 rings (SSSR count). The summed E-state index contributed by atoms with van der Waals surface area (Å²) < 4.78 is 43.6. The standard InChI is InChI=1S/C37H42FN3O4S/c1-26-15-21-32(22-16-26)46(44,45)41(33-14-10-11-27(2)28(33)3)25-35(42)40(24-30-17-19-31(38)20-18-30)34(36(43)39-37(4,5)6)23-29-12-8-7-9-13-29/h7-22,34H,23-25H2,1-6H3,(H,39,43)/t34-/m1/s1. The van der Waals surface area contributed by atoms with Crippen LogP contribution < -0.4 is 9.62 Å². The monoisotopic (exact) mass is 643 g/mol. The lowest BCUT2D eigenvalue weighted by Gasteiger charge is -2.35. The average Bonchev–Trinajstić information content (AvgIpc) is 3.00. The Morgan fingerprint density at radius 3 is 2.04 bits per heavy atom. The van der Waals surface area contributed by atoms with Gasteiger partial charge in [-0.25, -0.2) is 12.8 Å². The number of rotatable bonds is 11. The molecule has 242 valence electrons. The van der Waals surface area contributed by atoms with E-state index >= 15 is 0 Å². The quantitative estimate of drug-likeness (QED) is 0.202. The summed E-state index contributed by atoms with van der Waals surface area (Å²) in [5.41, 5.74) is 3.66. The van der Waals surface area contributed by atoms with Gasteiger partial charge in [0.05, 0.1) is 10.6 Å². The molecule has 1 N–H and O–H groups in total. The number of anilines is 1. The Hall–Kier alpha value is -4.50. The molecule has 0 heterocycles. The number of carbonyl (C=O) groups is 2. The summed E-state index contributed by atoms with van der Waals surface area (Å²) in [5, 5.41) is 3.01. The molecule has 0 fully saturated rings. The highest BCUT2D eigenvalue weighted by atomic mass is 32.2. The van der Waals surface area contributed by atoms with Crippen LogP contribution in [-0.2, 0) is 32.6 Å². The van der Waals surface area contributed by atoms with E-state index < -0.39 is 39.9 Å². The van der Waals surface area contributed by atoms with Crippen molar-refractivity contribution < 1.29 is 22.4 Å². The van der Waals surface area contributed by atoms with E-state index in [1.807, 2.05) is 77.9 Å². The van der Waals surface area contributed by atoms with Crippen molar-refractivity contribution in [2.24, 2.45) is 0 Å². The number of hydrogen-bond donors (Lipinski definition) is 1.